The van der Waals surface area contributed by atoms with Gasteiger partial charge in [0.2, 0.25) is 0 Å². The zero-order chi connectivity index (χ0) is 10.7. The molecule has 0 aromatic carbocycles. The van der Waals surface area contributed by atoms with Gasteiger partial charge in [0.25, 0.3) is 0 Å². The largest absolute Gasteiger partial charge is 0.465 e. The third-order valence-electron chi connectivity index (χ3n) is 1.06. The second-order valence-corrected chi connectivity index (χ2v) is 1.85. The highest BCUT2D eigenvalue weighted by atomic mass is 16.5. The van der Waals surface area contributed by atoms with Gasteiger partial charge in [-0.2, -0.15) is 0 Å². The molecule has 0 heterocycles. The second-order valence-electron chi connectivity index (χ2n) is 1.85. The molecule has 0 aliphatic rings. The quantitative estimate of drug-likeness (QED) is 0.381. The average Bonchev–Trinajstić information content (AvgIpc) is 2.19. The van der Waals surface area contributed by atoms with Crippen molar-refractivity contribution in [3.8, 4) is 0 Å². The third kappa shape index (κ3) is 7.06. The molecule has 0 aliphatic heterocycles. The molecular weight excluding hydrogens is 164 g/mol. The van der Waals surface area contributed by atoms with Gasteiger partial charge in [-0.25, -0.2) is 4.79 Å². The predicted octanol–water partition coefficient (Wildman–Crippen LogP) is 2.87. The summed E-state index contributed by atoms with van der Waals surface area (Å²) >= 11 is 0. The fraction of sp³-hybridized carbons (Fsp3) is 0.364. The van der Waals surface area contributed by atoms with Gasteiger partial charge in [0.15, 0.2) is 0 Å². The van der Waals surface area contributed by atoms with Gasteiger partial charge in [-0.3, -0.25) is 0 Å². The summed E-state index contributed by atoms with van der Waals surface area (Å²) in [5.74, 6) is -0.344. The van der Waals surface area contributed by atoms with E-state index >= 15 is 0 Å². The lowest BCUT2D eigenvalue weighted by Crippen LogP contribution is -2.01. The molecule has 0 saturated heterocycles. The Morgan fingerprint density at radius 1 is 1.38 bits per heavy atom. The molecular formula is C11H18O2. The molecule has 0 fully saturated rings. The molecule has 0 aliphatic carbocycles. The van der Waals surface area contributed by atoms with Crippen LogP contribution in [0.15, 0.2) is 36.5 Å². The first-order valence-corrected chi connectivity index (χ1v) is 4.30. The summed E-state index contributed by atoms with van der Waals surface area (Å²) in [5.41, 5.74) is 0.505. The molecule has 0 amide bonds. The zero-order valence-corrected chi connectivity index (χ0v) is 8.83. The zero-order valence-electron chi connectivity index (χ0n) is 8.83. The molecule has 0 N–H and O–H groups in total. The van der Waals surface area contributed by atoms with E-state index < -0.39 is 0 Å². The van der Waals surface area contributed by atoms with Gasteiger partial charge in [0.05, 0.1) is 12.7 Å². The van der Waals surface area contributed by atoms with E-state index in [1.165, 1.54) is 7.11 Å². The summed E-state index contributed by atoms with van der Waals surface area (Å²) in [6.45, 7) is 9.31. The summed E-state index contributed by atoms with van der Waals surface area (Å²) in [7, 11) is 1.35. The molecule has 0 bridgehead atoms. The molecule has 0 aromatic rings. The van der Waals surface area contributed by atoms with Crippen molar-refractivity contribution in [3.05, 3.63) is 36.5 Å². The van der Waals surface area contributed by atoms with Crippen LogP contribution in [0, 0.1) is 0 Å². The van der Waals surface area contributed by atoms with E-state index in [2.05, 4.69) is 11.3 Å². The van der Waals surface area contributed by atoms with Gasteiger partial charge in [0, 0.05) is 0 Å². The average molecular weight is 182 g/mol. The Morgan fingerprint density at radius 2 is 1.92 bits per heavy atom. The van der Waals surface area contributed by atoms with Crippen LogP contribution in [0.4, 0.5) is 0 Å². The van der Waals surface area contributed by atoms with Crippen LogP contribution in [0.5, 0.6) is 0 Å². The Bertz CT molecular complexity index is 200. The first kappa shape index (κ1) is 14.2. The number of carbonyl (C=O) groups is 1. The van der Waals surface area contributed by atoms with Crippen LogP contribution in [0.25, 0.3) is 0 Å². The Morgan fingerprint density at radius 3 is 2.23 bits per heavy atom. The summed E-state index contributed by atoms with van der Waals surface area (Å²) < 4.78 is 4.51. The van der Waals surface area contributed by atoms with Crippen LogP contribution in [-0.4, -0.2) is 13.1 Å². The lowest BCUT2D eigenvalue weighted by molar-refractivity contribution is -0.135. The smallest absolute Gasteiger partial charge is 0.337 e. The van der Waals surface area contributed by atoms with Crippen molar-refractivity contribution >= 4 is 5.97 Å². The van der Waals surface area contributed by atoms with E-state index in [1.54, 1.807) is 24.3 Å². The standard InChI is InChI=1S/C9H12O2.C2H6/c1-4-6-8(7-5-2)9(10)11-3;1-2/h4-7H,1H2,2-3H3;1-2H3/b7-5+,8-6+;. The number of esters is 1. The highest BCUT2D eigenvalue weighted by molar-refractivity contribution is 5.91. The molecule has 0 rings (SSSR count). The van der Waals surface area contributed by atoms with E-state index in [4.69, 9.17) is 0 Å². The summed E-state index contributed by atoms with van der Waals surface area (Å²) in [4.78, 5) is 10.9. The third-order valence-corrected chi connectivity index (χ3v) is 1.06. The van der Waals surface area contributed by atoms with Crippen LogP contribution in [-0.2, 0) is 9.53 Å². The van der Waals surface area contributed by atoms with Gasteiger partial charge in [-0.1, -0.05) is 38.7 Å². The Hall–Kier alpha value is -1.31. The van der Waals surface area contributed by atoms with Crippen LogP contribution < -0.4 is 0 Å². The van der Waals surface area contributed by atoms with E-state index in [0.29, 0.717) is 5.57 Å². The lowest BCUT2D eigenvalue weighted by atomic mass is 10.2. The summed E-state index contributed by atoms with van der Waals surface area (Å²) in [6.07, 6.45) is 6.60. The van der Waals surface area contributed by atoms with E-state index in [0.717, 1.165) is 0 Å². The second kappa shape index (κ2) is 10.7. The maximum absolute atomic E-state index is 10.9. The molecule has 0 saturated carbocycles. The lowest BCUT2D eigenvalue weighted by Gasteiger charge is -1.96. The van der Waals surface area contributed by atoms with Crippen LogP contribution in [0.3, 0.4) is 0 Å². The van der Waals surface area contributed by atoms with E-state index in [-0.39, 0.29) is 5.97 Å². The molecule has 2 heteroatoms. The van der Waals surface area contributed by atoms with E-state index in [9.17, 15) is 4.79 Å². The Kier molecular flexibility index (Phi) is 11.7. The highest BCUT2D eigenvalue weighted by Crippen LogP contribution is 1.99. The number of carbonyl (C=O) groups excluding carboxylic acids is 1. The number of methoxy groups -OCH3 is 1. The minimum absolute atomic E-state index is 0.344. The minimum atomic E-state index is -0.344. The maximum Gasteiger partial charge on any atom is 0.337 e. The SMILES string of the molecule is C=C/C=C(\C=C\C)C(=O)OC.CC. The van der Waals surface area contributed by atoms with Crippen LogP contribution in [0.2, 0.25) is 0 Å². The summed E-state index contributed by atoms with van der Waals surface area (Å²) in [6, 6.07) is 0. The maximum atomic E-state index is 10.9. The van der Waals surface area contributed by atoms with Crippen LogP contribution in [0.1, 0.15) is 20.8 Å². The first-order chi connectivity index (χ1) is 6.26. The van der Waals surface area contributed by atoms with Gasteiger partial charge in [0.1, 0.15) is 0 Å². The normalized spacial score (nSPS) is 10.3. The topological polar surface area (TPSA) is 26.3 Å². The number of ether oxygens (including phenoxy) is 1. The molecule has 74 valence electrons. The van der Waals surface area contributed by atoms with Gasteiger partial charge in [-0.05, 0) is 13.0 Å². The molecule has 0 radical (unpaired) electrons. The van der Waals surface area contributed by atoms with Crippen molar-refractivity contribution in [1.82, 2.24) is 0 Å². The summed E-state index contributed by atoms with van der Waals surface area (Å²) in [5, 5.41) is 0. The molecule has 0 atom stereocenters. The van der Waals surface area contributed by atoms with Gasteiger partial charge < -0.3 is 4.74 Å². The van der Waals surface area contributed by atoms with Crippen molar-refractivity contribution in [2.75, 3.05) is 7.11 Å². The highest BCUT2D eigenvalue weighted by Gasteiger charge is 2.02. The predicted molar refractivity (Wildman–Crippen MR) is 56.5 cm³/mol. The Balaban J connectivity index is 0. The van der Waals surface area contributed by atoms with Crippen molar-refractivity contribution in [2.45, 2.75) is 20.8 Å². The first-order valence-electron chi connectivity index (χ1n) is 4.30. The Labute approximate surface area is 80.6 Å². The molecule has 0 aromatic heterocycles. The fourth-order valence-electron chi connectivity index (χ4n) is 0.616. The van der Waals surface area contributed by atoms with Gasteiger partial charge >= 0.3 is 5.97 Å². The number of hydrogen-bond acceptors (Lipinski definition) is 2. The van der Waals surface area contributed by atoms with Crippen LogP contribution >= 0.6 is 0 Å². The number of rotatable bonds is 3. The number of hydrogen-bond donors (Lipinski definition) is 0. The molecule has 2 nitrogen and oxygen atoms in total. The van der Waals surface area contributed by atoms with Crippen molar-refractivity contribution in [1.29, 1.82) is 0 Å². The van der Waals surface area contributed by atoms with Gasteiger partial charge in [-0.15, -0.1) is 0 Å². The minimum Gasteiger partial charge on any atom is -0.465 e. The number of allylic oxidation sites excluding steroid dienone is 3. The van der Waals surface area contributed by atoms with Crippen molar-refractivity contribution < 1.29 is 9.53 Å². The molecule has 0 spiro atoms. The van der Waals surface area contributed by atoms with Crippen molar-refractivity contribution in [2.24, 2.45) is 0 Å². The fourth-order valence-corrected chi connectivity index (χ4v) is 0.616. The molecule has 0 unspecified atom stereocenters. The molecule has 13 heavy (non-hydrogen) atoms. The monoisotopic (exact) mass is 182 g/mol. The van der Waals surface area contributed by atoms with Crippen molar-refractivity contribution in [3.63, 3.8) is 0 Å². The van der Waals surface area contributed by atoms with E-state index in [1.807, 2.05) is 20.8 Å².